The molecule has 3 rings (SSSR count). The highest BCUT2D eigenvalue weighted by Gasteiger charge is 2.12. The molecule has 2 aromatic carbocycles. The summed E-state index contributed by atoms with van der Waals surface area (Å²) in [5, 5.41) is 3.15. The molecule has 0 amide bonds. The van der Waals surface area contributed by atoms with Gasteiger partial charge in [0.25, 0.3) is 0 Å². The molecule has 0 unspecified atom stereocenters. The fourth-order valence-electron chi connectivity index (χ4n) is 2.40. The number of hydrogen-bond acceptors (Lipinski definition) is 4. The van der Waals surface area contributed by atoms with Crippen LogP contribution in [0.25, 0.3) is 11.0 Å². The Labute approximate surface area is 129 Å². The second-order valence-corrected chi connectivity index (χ2v) is 7.32. The Bertz CT molecular complexity index is 929. The Morgan fingerprint density at radius 3 is 2.73 bits per heavy atom. The van der Waals surface area contributed by atoms with Crippen molar-refractivity contribution in [2.45, 2.75) is 18.4 Å². The number of aromatic nitrogens is 2. The van der Waals surface area contributed by atoms with Crippen LogP contribution in [0.2, 0.25) is 0 Å². The van der Waals surface area contributed by atoms with Crippen molar-refractivity contribution in [2.24, 2.45) is 0 Å². The summed E-state index contributed by atoms with van der Waals surface area (Å²) in [5.74, 6) is 0.629. The molecule has 0 fully saturated rings. The van der Waals surface area contributed by atoms with Gasteiger partial charge in [0, 0.05) is 12.8 Å². The maximum Gasteiger partial charge on any atom is 0.201 e. The van der Waals surface area contributed by atoms with Crippen LogP contribution in [0.4, 0.5) is 5.95 Å². The topological polar surface area (TPSA) is 74.8 Å². The van der Waals surface area contributed by atoms with E-state index in [-0.39, 0.29) is 0 Å². The van der Waals surface area contributed by atoms with Crippen LogP contribution in [0.15, 0.2) is 47.4 Å². The fourth-order valence-corrected chi connectivity index (χ4v) is 3.34. The molecule has 0 aliphatic rings. The molecule has 3 aromatic rings. The number of aromatic amines is 1. The molecule has 0 radical (unpaired) electrons. The summed E-state index contributed by atoms with van der Waals surface area (Å²) in [7, 11) is -3.24. The van der Waals surface area contributed by atoms with Crippen molar-refractivity contribution in [3.05, 3.63) is 53.6 Å². The molecule has 5 nitrogen and oxygen atoms in total. The van der Waals surface area contributed by atoms with Crippen molar-refractivity contribution in [2.75, 3.05) is 11.6 Å². The predicted octanol–water partition coefficient (Wildman–Crippen LogP) is 2.89. The zero-order chi connectivity index (χ0) is 15.7. The van der Waals surface area contributed by atoms with Gasteiger partial charge in [-0.15, -0.1) is 0 Å². The maximum atomic E-state index is 11.8. The first-order valence-corrected chi connectivity index (χ1v) is 8.81. The highest BCUT2D eigenvalue weighted by Crippen LogP contribution is 2.19. The van der Waals surface area contributed by atoms with Crippen molar-refractivity contribution in [3.63, 3.8) is 0 Å². The Morgan fingerprint density at radius 1 is 1.18 bits per heavy atom. The number of nitrogens with one attached hydrogen (secondary N) is 2. The molecule has 0 saturated heterocycles. The largest absolute Gasteiger partial charge is 0.352 e. The highest BCUT2D eigenvalue weighted by atomic mass is 32.2. The van der Waals surface area contributed by atoms with Crippen LogP contribution in [-0.2, 0) is 16.4 Å². The van der Waals surface area contributed by atoms with Gasteiger partial charge in [0.15, 0.2) is 9.84 Å². The van der Waals surface area contributed by atoms with Crippen LogP contribution in [0.3, 0.4) is 0 Å². The summed E-state index contributed by atoms with van der Waals surface area (Å²) < 4.78 is 23.6. The number of sulfone groups is 1. The SMILES string of the molecule is Cc1ccc2nc(NCc3ccccc3S(C)(=O)=O)[nH]c2c1. The minimum atomic E-state index is -3.24. The van der Waals surface area contributed by atoms with Crippen molar-refractivity contribution in [1.82, 2.24) is 9.97 Å². The Balaban J connectivity index is 1.85. The van der Waals surface area contributed by atoms with Gasteiger partial charge in [0.05, 0.1) is 15.9 Å². The van der Waals surface area contributed by atoms with Gasteiger partial charge in [-0.3, -0.25) is 0 Å². The Morgan fingerprint density at radius 2 is 1.95 bits per heavy atom. The number of hydrogen-bond donors (Lipinski definition) is 2. The molecule has 0 aliphatic heterocycles. The molecule has 22 heavy (non-hydrogen) atoms. The molecule has 2 N–H and O–H groups in total. The second-order valence-electron chi connectivity index (χ2n) is 5.34. The first kappa shape index (κ1) is 14.6. The molecule has 6 heteroatoms. The Hall–Kier alpha value is -2.34. The lowest BCUT2D eigenvalue weighted by molar-refractivity contribution is 0.601. The summed E-state index contributed by atoms with van der Waals surface area (Å²) in [6.07, 6.45) is 1.22. The first-order chi connectivity index (χ1) is 10.4. The van der Waals surface area contributed by atoms with Crippen LogP contribution in [0.5, 0.6) is 0 Å². The number of rotatable bonds is 4. The van der Waals surface area contributed by atoms with Gasteiger partial charge < -0.3 is 10.3 Å². The molecule has 0 bridgehead atoms. The van der Waals surface area contributed by atoms with Crippen molar-refractivity contribution in [1.29, 1.82) is 0 Å². The zero-order valence-corrected chi connectivity index (χ0v) is 13.2. The monoisotopic (exact) mass is 315 g/mol. The van der Waals surface area contributed by atoms with Gasteiger partial charge in [0.2, 0.25) is 5.95 Å². The zero-order valence-electron chi connectivity index (χ0n) is 12.4. The van der Waals surface area contributed by atoms with E-state index in [1.807, 2.05) is 31.2 Å². The van der Waals surface area contributed by atoms with Crippen molar-refractivity contribution < 1.29 is 8.42 Å². The van der Waals surface area contributed by atoms with Crippen LogP contribution in [0.1, 0.15) is 11.1 Å². The summed E-state index contributed by atoms with van der Waals surface area (Å²) >= 11 is 0. The molecule has 1 heterocycles. The molecule has 1 aromatic heterocycles. The summed E-state index contributed by atoms with van der Waals surface area (Å²) in [6.45, 7) is 2.41. The molecule has 0 spiro atoms. The molecular weight excluding hydrogens is 298 g/mol. The maximum absolute atomic E-state index is 11.8. The van der Waals surface area contributed by atoms with Gasteiger partial charge in [-0.2, -0.15) is 0 Å². The smallest absolute Gasteiger partial charge is 0.201 e. The summed E-state index contributed by atoms with van der Waals surface area (Å²) in [6, 6.07) is 13.0. The minimum Gasteiger partial charge on any atom is -0.352 e. The highest BCUT2D eigenvalue weighted by molar-refractivity contribution is 7.90. The van der Waals surface area contributed by atoms with E-state index in [2.05, 4.69) is 15.3 Å². The number of benzene rings is 2. The second kappa shape index (κ2) is 5.46. The number of aryl methyl sites for hydroxylation is 1. The van der Waals surface area contributed by atoms with E-state index in [1.165, 1.54) is 6.26 Å². The van der Waals surface area contributed by atoms with Gasteiger partial charge in [-0.25, -0.2) is 13.4 Å². The number of fused-ring (bicyclic) bond motifs is 1. The van der Waals surface area contributed by atoms with Crippen LogP contribution >= 0.6 is 0 Å². The Kier molecular flexibility index (Phi) is 3.62. The van der Waals surface area contributed by atoms with Crippen molar-refractivity contribution in [3.8, 4) is 0 Å². The van der Waals surface area contributed by atoms with E-state index < -0.39 is 9.84 Å². The molecular formula is C16H17N3O2S. The third kappa shape index (κ3) is 2.96. The van der Waals surface area contributed by atoms with E-state index in [9.17, 15) is 8.42 Å². The first-order valence-electron chi connectivity index (χ1n) is 6.92. The summed E-state index contributed by atoms with van der Waals surface area (Å²) in [5.41, 5.74) is 3.72. The van der Waals surface area contributed by atoms with Gasteiger partial charge in [-0.05, 0) is 36.2 Å². The molecule has 0 atom stereocenters. The lowest BCUT2D eigenvalue weighted by atomic mass is 10.2. The average Bonchev–Trinajstić information content (AvgIpc) is 2.86. The summed E-state index contributed by atoms with van der Waals surface area (Å²) in [4.78, 5) is 7.98. The van der Waals surface area contributed by atoms with Crippen LogP contribution in [-0.4, -0.2) is 24.6 Å². The average molecular weight is 315 g/mol. The molecule has 114 valence electrons. The predicted molar refractivity (Wildman–Crippen MR) is 87.7 cm³/mol. The van der Waals surface area contributed by atoms with E-state index in [0.29, 0.717) is 17.4 Å². The van der Waals surface area contributed by atoms with E-state index in [1.54, 1.807) is 18.2 Å². The van der Waals surface area contributed by atoms with E-state index in [0.717, 1.165) is 22.2 Å². The van der Waals surface area contributed by atoms with Crippen LogP contribution in [0, 0.1) is 6.92 Å². The van der Waals surface area contributed by atoms with Gasteiger partial charge >= 0.3 is 0 Å². The standard InChI is InChI=1S/C16H17N3O2S/c1-11-7-8-13-14(9-11)19-16(18-13)17-10-12-5-3-4-6-15(12)22(2,20)21/h3-9H,10H2,1-2H3,(H2,17,18,19). The molecule has 0 saturated carbocycles. The normalized spacial score (nSPS) is 11.7. The van der Waals surface area contributed by atoms with Crippen molar-refractivity contribution >= 4 is 26.8 Å². The minimum absolute atomic E-state index is 0.342. The van der Waals surface area contributed by atoms with E-state index >= 15 is 0 Å². The number of anilines is 1. The van der Waals surface area contributed by atoms with E-state index in [4.69, 9.17) is 0 Å². The molecule has 0 aliphatic carbocycles. The van der Waals surface area contributed by atoms with Gasteiger partial charge in [-0.1, -0.05) is 24.3 Å². The number of nitrogens with zero attached hydrogens (tertiary/aromatic N) is 1. The fraction of sp³-hybridized carbons (Fsp3) is 0.188. The lowest BCUT2D eigenvalue weighted by Crippen LogP contribution is -2.07. The van der Waals surface area contributed by atoms with Crippen LogP contribution < -0.4 is 5.32 Å². The number of H-pyrrole nitrogens is 1. The van der Waals surface area contributed by atoms with Gasteiger partial charge in [0.1, 0.15) is 0 Å². The third-order valence-electron chi connectivity index (χ3n) is 3.46. The number of imidazole rings is 1. The quantitative estimate of drug-likeness (QED) is 0.776. The third-order valence-corrected chi connectivity index (χ3v) is 4.65. The lowest BCUT2D eigenvalue weighted by Gasteiger charge is -2.08.